The van der Waals surface area contributed by atoms with Gasteiger partial charge in [-0.15, -0.1) is 0 Å². The normalized spacial score (nSPS) is 10.8. The predicted molar refractivity (Wildman–Crippen MR) is 167 cm³/mol. The summed E-state index contributed by atoms with van der Waals surface area (Å²) in [7, 11) is 0. The topological polar surface area (TPSA) is 47.4 Å². The minimum Gasteiger partial charge on any atom is -0.355 e. The maximum absolute atomic E-state index is 3.38. The Morgan fingerprint density at radius 1 is 0.225 bits per heavy atom. The van der Waals surface area contributed by atoms with Gasteiger partial charge in [0, 0.05) is 107 Å². The fourth-order valence-electron chi connectivity index (χ4n) is 5.40. The van der Waals surface area contributed by atoms with Crippen LogP contribution in [0.4, 0.5) is 0 Å². The summed E-state index contributed by atoms with van der Waals surface area (Å²) in [5, 5.41) is 7.82. The Kier molecular flexibility index (Phi) is 7.69. The van der Waals surface area contributed by atoms with Crippen molar-refractivity contribution in [3.05, 3.63) is 146 Å². The van der Waals surface area contributed by atoms with E-state index < -0.39 is 0 Å². The van der Waals surface area contributed by atoms with Crippen LogP contribution in [0.1, 0.15) is 0 Å². The van der Waals surface area contributed by atoms with Crippen LogP contribution in [0.5, 0.6) is 0 Å². The second kappa shape index (κ2) is 11.7. The molecule has 9 rings (SSSR count). The third kappa shape index (κ3) is 5.04. The van der Waals surface area contributed by atoms with Crippen molar-refractivity contribution >= 4 is 65.4 Å². The van der Waals surface area contributed by atoms with Gasteiger partial charge in [0.1, 0.15) is 0 Å². The van der Waals surface area contributed by atoms with Crippen molar-refractivity contribution in [3.8, 4) is 0 Å². The van der Waals surface area contributed by atoms with Crippen molar-refractivity contribution in [2.75, 3.05) is 0 Å². The molecule has 0 atom stereocenters. The van der Waals surface area contributed by atoms with Crippen molar-refractivity contribution in [2.24, 2.45) is 0 Å². The maximum atomic E-state index is 3.38. The molecule has 3 nitrogen and oxygen atoms in total. The summed E-state index contributed by atoms with van der Waals surface area (Å²) in [5.41, 5.74) is 7.27. The zero-order chi connectivity index (χ0) is 26.0. The molecule has 0 fully saturated rings. The van der Waals surface area contributed by atoms with E-state index in [4.69, 9.17) is 0 Å². The molecule has 3 heterocycles. The van der Waals surface area contributed by atoms with Crippen molar-refractivity contribution in [1.29, 1.82) is 0 Å². The maximum Gasteiger partial charge on any atom is 0.0464 e. The summed E-state index contributed by atoms with van der Waals surface area (Å²) >= 11 is 0. The van der Waals surface area contributed by atoms with Gasteiger partial charge in [0.15, 0.2) is 0 Å². The zero-order valence-corrected chi connectivity index (χ0v) is 25.0. The van der Waals surface area contributed by atoms with E-state index in [0.29, 0.717) is 0 Å². The molecular weight excluding hydrogens is 615 g/mol. The molecule has 0 aliphatic heterocycles. The SMILES string of the molecule is [Ce].c1ccc2c(c1)[nH]c1ccccc12.c1ccc2c(c1)[nH]c1ccccc12.c1ccc2c(c1)[nH]c1ccccc12. The van der Waals surface area contributed by atoms with Crippen LogP contribution in [0, 0.1) is 41.7 Å². The number of benzene rings is 6. The van der Waals surface area contributed by atoms with Crippen LogP contribution >= 0.6 is 0 Å². The molecule has 0 saturated carbocycles. The van der Waals surface area contributed by atoms with Gasteiger partial charge in [0.2, 0.25) is 0 Å². The number of hydrogen-bond acceptors (Lipinski definition) is 0. The molecule has 40 heavy (non-hydrogen) atoms. The van der Waals surface area contributed by atoms with E-state index in [-0.39, 0.29) is 41.7 Å². The van der Waals surface area contributed by atoms with Gasteiger partial charge >= 0.3 is 0 Å². The van der Waals surface area contributed by atoms with E-state index in [1.807, 2.05) is 0 Å². The summed E-state index contributed by atoms with van der Waals surface area (Å²) in [6, 6.07) is 50.3. The molecule has 0 aliphatic carbocycles. The zero-order valence-electron chi connectivity index (χ0n) is 21.9. The van der Waals surface area contributed by atoms with Gasteiger partial charge in [0.25, 0.3) is 0 Å². The van der Waals surface area contributed by atoms with Crippen LogP contribution in [-0.4, -0.2) is 15.0 Å². The van der Waals surface area contributed by atoms with Crippen LogP contribution in [0.3, 0.4) is 0 Å². The first-order chi connectivity index (χ1) is 19.3. The second-order valence-corrected chi connectivity index (χ2v) is 9.65. The first kappa shape index (κ1) is 26.3. The van der Waals surface area contributed by atoms with E-state index in [1.54, 1.807) is 0 Å². The molecule has 0 spiro atoms. The number of aromatic amines is 3. The van der Waals surface area contributed by atoms with Crippen LogP contribution in [0.15, 0.2) is 146 Å². The third-order valence-electron chi connectivity index (χ3n) is 7.24. The minimum absolute atomic E-state index is 0. The van der Waals surface area contributed by atoms with Crippen molar-refractivity contribution in [1.82, 2.24) is 15.0 Å². The first-order valence-electron chi connectivity index (χ1n) is 13.2. The Balaban J connectivity index is 0.000000107. The number of rotatable bonds is 0. The standard InChI is InChI=1S/3C12H9N.Ce/c3*1-3-7-11-9(5-1)10-6-2-4-8-12(10)13-11;/h3*1-8,13H;. The predicted octanol–water partition coefficient (Wildman–Crippen LogP) is 9.96. The summed E-state index contributed by atoms with van der Waals surface area (Å²) in [5.74, 6) is 0. The van der Waals surface area contributed by atoms with Gasteiger partial charge in [-0.2, -0.15) is 0 Å². The molecule has 4 heteroatoms. The number of nitrogens with one attached hydrogen (secondary N) is 3. The van der Waals surface area contributed by atoms with Crippen LogP contribution in [-0.2, 0) is 0 Å². The van der Waals surface area contributed by atoms with E-state index in [1.165, 1.54) is 65.4 Å². The smallest absolute Gasteiger partial charge is 0.0464 e. The van der Waals surface area contributed by atoms with Gasteiger partial charge in [-0.25, -0.2) is 0 Å². The van der Waals surface area contributed by atoms with Crippen molar-refractivity contribution in [3.63, 3.8) is 0 Å². The third-order valence-corrected chi connectivity index (χ3v) is 7.24. The molecule has 6 aromatic carbocycles. The first-order valence-corrected chi connectivity index (χ1v) is 13.2. The quantitative estimate of drug-likeness (QED) is 0.148. The Hall–Kier alpha value is -3.90. The second-order valence-electron chi connectivity index (χ2n) is 9.65. The molecule has 0 aliphatic rings. The average Bonchev–Trinajstić information content (AvgIpc) is 3.69. The monoisotopic (exact) mass is 641 g/mol. The molecule has 0 radical (unpaired) electrons. The molecular formula is C36H27CeN3. The molecule has 9 aromatic rings. The number of hydrogen-bond donors (Lipinski definition) is 3. The fourth-order valence-corrected chi connectivity index (χ4v) is 5.40. The molecule has 0 unspecified atom stereocenters. The van der Waals surface area contributed by atoms with Crippen molar-refractivity contribution < 1.29 is 41.7 Å². The summed E-state index contributed by atoms with van der Waals surface area (Å²) in [4.78, 5) is 10.1. The number of para-hydroxylation sites is 6. The molecule has 190 valence electrons. The van der Waals surface area contributed by atoms with Crippen LogP contribution in [0.25, 0.3) is 65.4 Å². The van der Waals surface area contributed by atoms with Gasteiger partial charge in [-0.3, -0.25) is 0 Å². The Labute approximate surface area is 265 Å². The fraction of sp³-hybridized carbons (Fsp3) is 0. The van der Waals surface area contributed by atoms with Gasteiger partial charge in [-0.05, 0) is 36.4 Å². The van der Waals surface area contributed by atoms with Crippen LogP contribution < -0.4 is 0 Å². The minimum atomic E-state index is 0. The summed E-state index contributed by atoms with van der Waals surface area (Å²) < 4.78 is 0. The van der Waals surface area contributed by atoms with Gasteiger partial charge in [-0.1, -0.05) is 109 Å². The van der Waals surface area contributed by atoms with Gasteiger partial charge < -0.3 is 15.0 Å². The molecule has 0 saturated heterocycles. The summed E-state index contributed by atoms with van der Waals surface area (Å²) in [6.45, 7) is 0. The van der Waals surface area contributed by atoms with Crippen LogP contribution in [0.2, 0.25) is 0 Å². The Morgan fingerprint density at radius 3 is 0.550 bits per heavy atom. The number of aromatic nitrogens is 3. The largest absolute Gasteiger partial charge is 0.355 e. The van der Waals surface area contributed by atoms with Gasteiger partial charge in [0.05, 0.1) is 0 Å². The Morgan fingerprint density at radius 2 is 0.375 bits per heavy atom. The molecule has 3 N–H and O–H groups in total. The van der Waals surface area contributed by atoms with Crippen molar-refractivity contribution in [2.45, 2.75) is 0 Å². The Bertz CT molecular complexity index is 1800. The summed E-state index contributed by atoms with van der Waals surface area (Å²) in [6.07, 6.45) is 0. The van der Waals surface area contributed by atoms with E-state index in [2.05, 4.69) is 161 Å². The van der Waals surface area contributed by atoms with E-state index >= 15 is 0 Å². The molecule has 0 bridgehead atoms. The molecule has 3 aromatic heterocycles. The number of H-pyrrole nitrogens is 3. The van der Waals surface area contributed by atoms with E-state index in [9.17, 15) is 0 Å². The average molecular weight is 642 g/mol. The van der Waals surface area contributed by atoms with E-state index in [0.717, 1.165) is 0 Å². The number of fused-ring (bicyclic) bond motifs is 9. The molecule has 0 amide bonds.